The van der Waals surface area contributed by atoms with Gasteiger partial charge < -0.3 is 4.74 Å². The first kappa shape index (κ1) is 16.1. The lowest BCUT2D eigenvalue weighted by molar-refractivity contribution is 0.155. The van der Waals surface area contributed by atoms with Gasteiger partial charge in [0.05, 0.1) is 5.52 Å². The number of fused-ring (bicyclic) bond motifs is 1. The molecule has 4 rings (SSSR count). The van der Waals surface area contributed by atoms with Crippen LogP contribution in [-0.4, -0.2) is 46.6 Å². The number of hydrogen-bond acceptors (Lipinski definition) is 4. The van der Waals surface area contributed by atoms with E-state index >= 15 is 0 Å². The molecular weight excluding hydrogens is 312 g/mol. The van der Waals surface area contributed by atoms with E-state index < -0.39 is 0 Å². The molecule has 0 spiro atoms. The molecular formula is C20H24N4O. The predicted octanol–water partition coefficient (Wildman–Crippen LogP) is 3.29. The molecule has 3 aromatic rings. The maximum absolute atomic E-state index is 5.89. The van der Waals surface area contributed by atoms with Crippen molar-refractivity contribution in [3.8, 4) is 5.75 Å². The Morgan fingerprint density at radius 3 is 2.76 bits per heavy atom. The SMILES string of the molecule is c1ccc(CC2CCN(CCOc3ccc4[nH]nnc4c3)CC2)cc1. The van der Waals surface area contributed by atoms with Gasteiger partial charge in [-0.1, -0.05) is 35.5 Å². The molecule has 5 nitrogen and oxygen atoms in total. The van der Waals surface area contributed by atoms with Crippen molar-refractivity contribution in [3.63, 3.8) is 0 Å². The Labute approximate surface area is 148 Å². The van der Waals surface area contributed by atoms with Gasteiger partial charge in [0.1, 0.15) is 17.9 Å². The van der Waals surface area contributed by atoms with Crippen molar-refractivity contribution in [3.05, 3.63) is 54.1 Å². The molecule has 1 N–H and O–H groups in total. The summed E-state index contributed by atoms with van der Waals surface area (Å²) in [5.41, 5.74) is 3.25. The van der Waals surface area contributed by atoms with Crippen LogP contribution in [0.1, 0.15) is 18.4 Å². The van der Waals surface area contributed by atoms with E-state index in [1.165, 1.54) is 37.9 Å². The third-order valence-electron chi connectivity index (χ3n) is 5.05. The van der Waals surface area contributed by atoms with Gasteiger partial charge in [0, 0.05) is 12.6 Å². The maximum Gasteiger partial charge on any atom is 0.121 e. The minimum absolute atomic E-state index is 0.715. The quantitative estimate of drug-likeness (QED) is 0.750. The Kier molecular flexibility index (Phi) is 4.93. The topological polar surface area (TPSA) is 54.0 Å². The summed E-state index contributed by atoms with van der Waals surface area (Å²) in [5, 5.41) is 10.7. The van der Waals surface area contributed by atoms with Crippen LogP contribution < -0.4 is 4.74 Å². The molecule has 2 heterocycles. The summed E-state index contributed by atoms with van der Waals surface area (Å²) in [6.07, 6.45) is 3.77. The highest BCUT2D eigenvalue weighted by atomic mass is 16.5. The van der Waals surface area contributed by atoms with Crippen LogP contribution in [0.15, 0.2) is 48.5 Å². The third kappa shape index (κ3) is 4.17. The Morgan fingerprint density at radius 2 is 1.92 bits per heavy atom. The molecule has 0 aliphatic carbocycles. The fraction of sp³-hybridized carbons (Fsp3) is 0.400. The van der Waals surface area contributed by atoms with Gasteiger partial charge in [-0.15, -0.1) is 5.10 Å². The lowest BCUT2D eigenvalue weighted by Gasteiger charge is -2.31. The Morgan fingerprint density at radius 1 is 1.08 bits per heavy atom. The standard InChI is InChI=1S/C20H24N4O/c1-2-4-16(5-3-1)14-17-8-10-24(11-9-17)12-13-25-18-6-7-19-20(15-18)22-23-21-19/h1-7,15,17H,8-14H2,(H,21,22,23). The molecule has 0 amide bonds. The first-order chi connectivity index (χ1) is 12.4. The molecule has 1 aliphatic rings. The first-order valence-electron chi connectivity index (χ1n) is 9.07. The van der Waals surface area contributed by atoms with E-state index in [9.17, 15) is 0 Å². The molecule has 1 aliphatic heterocycles. The van der Waals surface area contributed by atoms with Crippen LogP contribution in [0, 0.1) is 5.92 Å². The number of aromatic amines is 1. The van der Waals surface area contributed by atoms with Crippen LogP contribution in [0.4, 0.5) is 0 Å². The molecule has 0 atom stereocenters. The number of H-pyrrole nitrogens is 1. The number of hydrogen-bond donors (Lipinski definition) is 1. The number of benzene rings is 2. The zero-order chi connectivity index (χ0) is 16.9. The van der Waals surface area contributed by atoms with Crippen molar-refractivity contribution in [1.82, 2.24) is 20.3 Å². The average Bonchev–Trinajstić information content (AvgIpc) is 3.12. The lowest BCUT2D eigenvalue weighted by Crippen LogP contribution is -2.37. The normalized spacial score (nSPS) is 16.3. The predicted molar refractivity (Wildman–Crippen MR) is 98.7 cm³/mol. The summed E-state index contributed by atoms with van der Waals surface area (Å²) in [4.78, 5) is 2.51. The van der Waals surface area contributed by atoms with Gasteiger partial charge >= 0.3 is 0 Å². The van der Waals surface area contributed by atoms with E-state index in [-0.39, 0.29) is 0 Å². The molecule has 0 saturated carbocycles. The van der Waals surface area contributed by atoms with Gasteiger partial charge in [0.25, 0.3) is 0 Å². The van der Waals surface area contributed by atoms with Gasteiger partial charge in [0.15, 0.2) is 0 Å². The number of likely N-dealkylation sites (tertiary alicyclic amines) is 1. The summed E-state index contributed by atoms with van der Waals surface area (Å²) < 4.78 is 5.89. The van der Waals surface area contributed by atoms with Crippen molar-refractivity contribution < 1.29 is 4.74 Å². The highest BCUT2D eigenvalue weighted by Gasteiger charge is 2.19. The van der Waals surface area contributed by atoms with Crippen LogP contribution in [0.5, 0.6) is 5.75 Å². The molecule has 0 unspecified atom stereocenters. The molecule has 0 bridgehead atoms. The molecule has 2 aromatic carbocycles. The molecule has 130 valence electrons. The smallest absolute Gasteiger partial charge is 0.121 e. The van der Waals surface area contributed by atoms with Crippen LogP contribution in [0.2, 0.25) is 0 Å². The van der Waals surface area contributed by atoms with Crippen LogP contribution in [0.25, 0.3) is 11.0 Å². The number of nitrogens with one attached hydrogen (secondary N) is 1. The number of rotatable bonds is 6. The lowest BCUT2D eigenvalue weighted by atomic mass is 9.90. The summed E-state index contributed by atoms with van der Waals surface area (Å²) in [5.74, 6) is 1.68. The van der Waals surface area contributed by atoms with Gasteiger partial charge in [-0.05, 0) is 56.0 Å². The fourth-order valence-corrected chi connectivity index (χ4v) is 3.57. The summed E-state index contributed by atoms with van der Waals surface area (Å²) in [6.45, 7) is 4.04. The van der Waals surface area contributed by atoms with E-state index in [1.807, 2.05) is 18.2 Å². The minimum atomic E-state index is 0.715. The second kappa shape index (κ2) is 7.66. The first-order valence-corrected chi connectivity index (χ1v) is 9.07. The van der Waals surface area contributed by atoms with Crippen molar-refractivity contribution >= 4 is 11.0 Å². The summed E-state index contributed by atoms with van der Waals surface area (Å²) in [7, 11) is 0. The summed E-state index contributed by atoms with van der Waals surface area (Å²) >= 11 is 0. The molecule has 25 heavy (non-hydrogen) atoms. The highest BCUT2D eigenvalue weighted by Crippen LogP contribution is 2.22. The zero-order valence-corrected chi connectivity index (χ0v) is 14.4. The average molecular weight is 336 g/mol. The largest absolute Gasteiger partial charge is 0.492 e. The van der Waals surface area contributed by atoms with E-state index in [2.05, 4.69) is 50.6 Å². The zero-order valence-electron chi connectivity index (χ0n) is 14.4. The monoisotopic (exact) mass is 336 g/mol. The van der Waals surface area contributed by atoms with Crippen molar-refractivity contribution in [1.29, 1.82) is 0 Å². The molecule has 1 aromatic heterocycles. The molecule has 0 radical (unpaired) electrons. The molecule has 5 heteroatoms. The van der Waals surface area contributed by atoms with Gasteiger partial charge in [-0.3, -0.25) is 10.00 Å². The Hall–Kier alpha value is -2.40. The number of nitrogens with zero attached hydrogens (tertiary/aromatic N) is 3. The fourth-order valence-electron chi connectivity index (χ4n) is 3.57. The van der Waals surface area contributed by atoms with Crippen LogP contribution >= 0.6 is 0 Å². The maximum atomic E-state index is 5.89. The van der Waals surface area contributed by atoms with Crippen molar-refractivity contribution in [2.24, 2.45) is 5.92 Å². The van der Waals surface area contributed by atoms with E-state index in [1.54, 1.807) is 0 Å². The third-order valence-corrected chi connectivity index (χ3v) is 5.05. The second-order valence-electron chi connectivity index (χ2n) is 6.81. The molecule has 1 fully saturated rings. The Bertz CT molecular complexity index is 794. The van der Waals surface area contributed by atoms with E-state index in [0.717, 1.165) is 29.2 Å². The van der Waals surface area contributed by atoms with E-state index in [4.69, 9.17) is 4.74 Å². The number of ether oxygens (including phenoxy) is 1. The number of aromatic nitrogens is 3. The Balaban J connectivity index is 1.20. The minimum Gasteiger partial charge on any atom is -0.492 e. The van der Waals surface area contributed by atoms with Crippen molar-refractivity contribution in [2.75, 3.05) is 26.2 Å². The number of piperidine rings is 1. The molecule has 1 saturated heterocycles. The second-order valence-corrected chi connectivity index (χ2v) is 6.81. The van der Waals surface area contributed by atoms with Crippen molar-refractivity contribution in [2.45, 2.75) is 19.3 Å². The van der Waals surface area contributed by atoms with Crippen LogP contribution in [-0.2, 0) is 6.42 Å². The summed E-state index contributed by atoms with van der Waals surface area (Å²) in [6, 6.07) is 16.7. The van der Waals surface area contributed by atoms with Gasteiger partial charge in [-0.2, -0.15) is 0 Å². The van der Waals surface area contributed by atoms with Crippen LogP contribution in [0.3, 0.4) is 0 Å². The van der Waals surface area contributed by atoms with Gasteiger partial charge in [0.2, 0.25) is 0 Å². The van der Waals surface area contributed by atoms with E-state index in [0.29, 0.717) is 6.61 Å². The van der Waals surface area contributed by atoms with Gasteiger partial charge in [-0.25, -0.2) is 0 Å². The highest BCUT2D eigenvalue weighted by molar-refractivity contribution is 5.75.